The van der Waals surface area contributed by atoms with E-state index in [1.54, 1.807) is 0 Å². The molecule has 0 fully saturated rings. The van der Waals surface area contributed by atoms with E-state index in [0.717, 1.165) is 44.8 Å². The highest BCUT2D eigenvalue weighted by Crippen LogP contribution is 2.48. The number of aromatic nitrogens is 4. The minimum atomic E-state index is 0.869. The molecule has 0 atom stereocenters. The van der Waals surface area contributed by atoms with Gasteiger partial charge in [0.15, 0.2) is 5.82 Å². The number of nitrogens with zero attached hydrogens (tertiary/aromatic N) is 4. The standard InChI is InChI=1S/C44H26N4/c1-2-12-29(13-3-1)47-39-20-10-6-15-31(39)34-24-27(22-23-41(34)47)28-25-35-30-14-4-5-17-33(30)42-44(46-38-19-9-8-18-37(38)45-42)48-40-21-11-7-16-32(40)36(26-28)43(35)48/h1-26H. The highest BCUT2D eigenvalue weighted by Gasteiger charge is 2.27. The summed E-state index contributed by atoms with van der Waals surface area (Å²) < 4.78 is 4.71. The molecule has 4 heterocycles. The van der Waals surface area contributed by atoms with E-state index < -0.39 is 0 Å². The van der Waals surface area contributed by atoms with Gasteiger partial charge in [0.2, 0.25) is 0 Å². The third-order valence-corrected chi connectivity index (χ3v) is 10.0. The van der Waals surface area contributed by atoms with Crippen molar-refractivity contribution in [3.8, 4) is 45.0 Å². The Morgan fingerprint density at radius 3 is 1.79 bits per heavy atom. The first-order valence-corrected chi connectivity index (χ1v) is 16.3. The third kappa shape index (κ3) is 3.43. The van der Waals surface area contributed by atoms with Gasteiger partial charge in [0.05, 0.1) is 33.1 Å². The van der Waals surface area contributed by atoms with E-state index in [9.17, 15) is 0 Å². The predicted molar refractivity (Wildman–Crippen MR) is 198 cm³/mol. The maximum Gasteiger partial charge on any atom is 0.165 e. The van der Waals surface area contributed by atoms with Crippen LogP contribution in [0.3, 0.4) is 0 Å². The van der Waals surface area contributed by atoms with E-state index >= 15 is 0 Å². The quantitative estimate of drug-likeness (QED) is 0.195. The van der Waals surface area contributed by atoms with Crippen molar-refractivity contribution in [2.24, 2.45) is 0 Å². The summed E-state index contributed by atoms with van der Waals surface area (Å²) in [7, 11) is 0. The predicted octanol–water partition coefficient (Wildman–Crippen LogP) is 11.1. The van der Waals surface area contributed by atoms with Crippen LogP contribution in [0, 0.1) is 0 Å². The second kappa shape index (κ2) is 9.50. The van der Waals surface area contributed by atoms with Crippen LogP contribution < -0.4 is 0 Å². The zero-order valence-corrected chi connectivity index (χ0v) is 25.8. The Morgan fingerprint density at radius 2 is 0.979 bits per heavy atom. The fourth-order valence-corrected chi connectivity index (χ4v) is 7.95. The van der Waals surface area contributed by atoms with Gasteiger partial charge in [-0.1, -0.05) is 97.1 Å². The summed E-state index contributed by atoms with van der Waals surface area (Å²) in [6.45, 7) is 0. The SMILES string of the molecule is c1ccc(-n2c3ccccc3c3cc(-c4cc5c6c(c4)c4ccccc4n6-c4nc6ccccc6nc4-c4ccccc4-5)ccc32)cc1. The molecule has 0 amide bonds. The summed E-state index contributed by atoms with van der Waals surface area (Å²) >= 11 is 0. The minimum absolute atomic E-state index is 0.869. The van der Waals surface area contributed by atoms with Crippen LogP contribution in [0.15, 0.2) is 158 Å². The average molecular weight is 611 g/mol. The van der Waals surface area contributed by atoms with Crippen molar-refractivity contribution >= 4 is 54.6 Å². The smallest absolute Gasteiger partial charge is 0.165 e. The number of para-hydroxylation sites is 5. The molecular weight excluding hydrogens is 585 g/mol. The molecule has 0 saturated carbocycles. The van der Waals surface area contributed by atoms with Crippen LogP contribution in [-0.4, -0.2) is 19.1 Å². The topological polar surface area (TPSA) is 35.6 Å². The fourth-order valence-electron chi connectivity index (χ4n) is 7.95. The maximum atomic E-state index is 5.29. The van der Waals surface area contributed by atoms with Crippen molar-refractivity contribution in [1.29, 1.82) is 0 Å². The Hall–Kier alpha value is -6.52. The zero-order chi connectivity index (χ0) is 31.3. The van der Waals surface area contributed by atoms with Gasteiger partial charge in [-0.05, 0) is 77.4 Å². The monoisotopic (exact) mass is 610 g/mol. The highest BCUT2D eigenvalue weighted by molar-refractivity contribution is 6.18. The third-order valence-electron chi connectivity index (χ3n) is 10.0. The Labute approximate surface area is 275 Å². The largest absolute Gasteiger partial charge is 0.309 e. The molecule has 1 aliphatic rings. The van der Waals surface area contributed by atoms with Gasteiger partial charge in [-0.3, -0.25) is 4.57 Å². The van der Waals surface area contributed by atoms with E-state index in [2.05, 4.69) is 155 Å². The molecule has 11 rings (SSSR count). The molecule has 4 nitrogen and oxygen atoms in total. The Kier molecular flexibility index (Phi) is 5.08. The Bertz CT molecular complexity index is 2950. The molecule has 0 aliphatic carbocycles. The summed E-state index contributed by atoms with van der Waals surface area (Å²) in [4.78, 5) is 10.5. The van der Waals surface area contributed by atoms with E-state index in [-0.39, 0.29) is 0 Å². The molecule has 7 aromatic carbocycles. The molecule has 0 bridgehead atoms. The summed E-state index contributed by atoms with van der Waals surface area (Å²) in [5.41, 5.74) is 14.4. The molecule has 4 heteroatoms. The van der Waals surface area contributed by atoms with Crippen molar-refractivity contribution in [2.45, 2.75) is 0 Å². The summed E-state index contributed by atoms with van der Waals surface area (Å²) in [6.07, 6.45) is 0. The minimum Gasteiger partial charge on any atom is -0.309 e. The molecule has 3 aromatic heterocycles. The summed E-state index contributed by atoms with van der Waals surface area (Å²) in [5.74, 6) is 0.869. The van der Waals surface area contributed by atoms with Gasteiger partial charge in [0.1, 0.15) is 5.69 Å². The lowest BCUT2D eigenvalue weighted by atomic mass is 9.92. The van der Waals surface area contributed by atoms with E-state index in [1.165, 1.54) is 54.8 Å². The lowest BCUT2D eigenvalue weighted by Crippen LogP contribution is -2.02. The van der Waals surface area contributed by atoms with E-state index in [1.807, 2.05) is 12.1 Å². The van der Waals surface area contributed by atoms with Gasteiger partial charge in [0, 0.05) is 38.4 Å². The van der Waals surface area contributed by atoms with Crippen molar-refractivity contribution in [3.63, 3.8) is 0 Å². The second-order valence-corrected chi connectivity index (χ2v) is 12.6. The molecular formula is C44H26N4. The van der Waals surface area contributed by atoms with Crippen LogP contribution >= 0.6 is 0 Å². The molecule has 48 heavy (non-hydrogen) atoms. The van der Waals surface area contributed by atoms with Crippen LogP contribution in [0.5, 0.6) is 0 Å². The lowest BCUT2D eigenvalue weighted by Gasteiger charge is -2.12. The van der Waals surface area contributed by atoms with Gasteiger partial charge < -0.3 is 4.57 Å². The highest BCUT2D eigenvalue weighted by atomic mass is 15.1. The normalized spacial score (nSPS) is 12.2. The van der Waals surface area contributed by atoms with Gasteiger partial charge in [0.25, 0.3) is 0 Å². The van der Waals surface area contributed by atoms with Crippen molar-refractivity contribution in [2.75, 3.05) is 0 Å². The number of benzene rings is 7. The van der Waals surface area contributed by atoms with E-state index in [4.69, 9.17) is 9.97 Å². The first-order chi connectivity index (χ1) is 23.8. The maximum absolute atomic E-state index is 5.29. The zero-order valence-electron chi connectivity index (χ0n) is 25.8. The van der Waals surface area contributed by atoms with Gasteiger partial charge >= 0.3 is 0 Å². The van der Waals surface area contributed by atoms with Gasteiger partial charge in [-0.15, -0.1) is 0 Å². The van der Waals surface area contributed by atoms with Crippen molar-refractivity contribution in [3.05, 3.63) is 158 Å². The Morgan fingerprint density at radius 1 is 0.375 bits per heavy atom. The number of rotatable bonds is 2. The fraction of sp³-hybridized carbons (Fsp3) is 0. The van der Waals surface area contributed by atoms with Crippen LogP contribution in [0.25, 0.3) is 99.7 Å². The molecule has 0 unspecified atom stereocenters. The first kappa shape index (κ1) is 25.6. The van der Waals surface area contributed by atoms with Gasteiger partial charge in [-0.25, -0.2) is 9.97 Å². The summed E-state index contributed by atoms with van der Waals surface area (Å²) in [5, 5.41) is 4.91. The molecule has 1 aliphatic heterocycles. The molecule has 10 aromatic rings. The average Bonchev–Trinajstić information content (AvgIpc) is 3.63. The first-order valence-electron chi connectivity index (χ1n) is 16.3. The summed E-state index contributed by atoms with van der Waals surface area (Å²) in [6, 6.07) is 56.6. The number of fused-ring (bicyclic) bond motifs is 12. The van der Waals surface area contributed by atoms with E-state index in [0.29, 0.717) is 0 Å². The Balaban J connectivity index is 1.24. The van der Waals surface area contributed by atoms with Crippen molar-refractivity contribution < 1.29 is 0 Å². The molecule has 0 spiro atoms. The lowest BCUT2D eigenvalue weighted by molar-refractivity contribution is 1.09. The van der Waals surface area contributed by atoms with Gasteiger partial charge in [-0.2, -0.15) is 0 Å². The molecule has 0 N–H and O–H groups in total. The van der Waals surface area contributed by atoms with Crippen LogP contribution in [0.1, 0.15) is 0 Å². The molecule has 0 radical (unpaired) electrons. The van der Waals surface area contributed by atoms with Crippen LogP contribution in [0.4, 0.5) is 0 Å². The molecule has 222 valence electrons. The number of hydrogen-bond donors (Lipinski definition) is 0. The van der Waals surface area contributed by atoms with Crippen LogP contribution in [-0.2, 0) is 0 Å². The number of hydrogen-bond acceptors (Lipinski definition) is 2. The molecule has 0 saturated heterocycles. The van der Waals surface area contributed by atoms with Crippen molar-refractivity contribution in [1.82, 2.24) is 19.1 Å². The second-order valence-electron chi connectivity index (χ2n) is 12.6. The van der Waals surface area contributed by atoms with Crippen LogP contribution in [0.2, 0.25) is 0 Å².